The maximum Gasteiger partial charge on any atom is 0.335 e. The number of aromatic nitrogens is 3. The van der Waals surface area contributed by atoms with Crippen molar-refractivity contribution in [2.45, 2.75) is 38.3 Å². The summed E-state index contributed by atoms with van der Waals surface area (Å²) in [7, 11) is 0. The van der Waals surface area contributed by atoms with E-state index in [9.17, 15) is 14.3 Å². The third kappa shape index (κ3) is 5.54. The second kappa shape index (κ2) is 10.8. The average Bonchev–Trinajstić information content (AvgIpc) is 3.21. The molecule has 4 aromatic rings. The van der Waals surface area contributed by atoms with E-state index in [1.165, 1.54) is 6.07 Å². The van der Waals surface area contributed by atoms with Crippen LogP contribution < -0.4 is 15.0 Å². The third-order valence-corrected chi connectivity index (χ3v) is 7.34. The van der Waals surface area contributed by atoms with E-state index < -0.39 is 11.8 Å². The first-order valence-electron chi connectivity index (χ1n) is 12.8. The van der Waals surface area contributed by atoms with Gasteiger partial charge in [-0.25, -0.2) is 14.2 Å². The van der Waals surface area contributed by atoms with E-state index in [-0.39, 0.29) is 24.3 Å². The second-order valence-electron chi connectivity index (χ2n) is 9.77. The smallest absolute Gasteiger partial charge is 0.335 e. The maximum absolute atomic E-state index is 14.0. The number of rotatable bonds is 10. The van der Waals surface area contributed by atoms with Gasteiger partial charge in [0.2, 0.25) is 5.88 Å². The van der Waals surface area contributed by atoms with Crippen LogP contribution in [0, 0.1) is 5.82 Å². The molecule has 1 unspecified atom stereocenters. The van der Waals surface area contributed by atoms with Crippen LogP contribution in [0.1, 0.15) is 28.2 Å². The highest BCUT2D eigenvalue weighted by atomic mass is 35.5. The topological polar surface area (TPSA) is 102 Å². The first kappa shape index (κ1) is 25.5. The molecule has 2 aromatic heterocycles. The van der Waals surface area contributed by atoms with Gasteiger partial charge in [0.1, 0.15) is 24.1 Å². The predicted octanol–water partition coefficient (Wildman–Crippen LogP) is 4.27. The Bertz CT molecular complexity index is 1520. The Balaban J connectivity index is 1.07. The van der Waals surface area contributed by atoms with Crippen LogP contribution in [0.2, 0.25) is 5.02 Å². The summed E-state index contributed by atoms with van der Waals surface area (Å²) in [6.45, 7) is 3.52. The van der Waals surface area contributed by atoms with Gasteiger partial charge in [-0.15, -0.1) is 0 Å². The van der Waals surface area contributed by atoms with E-state index in [1.807, 2.05) is 12.1 Å². The van der Waals surface area contributed by atoms with E-state index in [2.05, 4.69) is 19.8 Å². The van der Waals surface area contributed by atoms with Crippen molar-refractivity contribution in [2.75, 3.05) is 24.6 Å². The SMILES string of the molecule is O=C(O)c1ccc2nc(CNC3CN(c4cccc(OCc5ccc(Cl)cc5F)n4)C3)n(CC3CCO3)c2c1. The van der Waals surface area contributed by atoms with Crippen molar-refractivity contribution >= 4 is 34.4 Å². The number of hydrogen-bond acceptors (Lipinski definition) is 7. The number of fused-ring (bicyclic) bond motifs is 1. The number of halogens is 2. The van der Waals surface area contributed by atoms with Gasteiger partial charge in [0.05, 0.1) is 35.8 Å². The van der Waals surface area contributed by atoms with Gasteiger partial charge in [0, 0.05) is 42.4 Å². The molecule has 9 nitrogen and oxygen atoms in total. The van der Waals surface area contributed by atoms with Crippen molar-refractivity contribution < 1.29 is 23.8 Å². The Morgan fingerprint density at radius 2 is 2.03 bits per heavy atom. The number of imidazole rings is 1. The van der Waals surface area contributed by atoms with Crippen LogP contribution >= 0.6 is 11.6 Å². The van der Waals surface area contributed by atoms with E-state index in [0.29, 0.717) is 29.6 Å². The number of aromatic carboxylic acids is 1. The summed E-state index contributed by atoms with van der Waals surface area (Å²) >= 11 is 5.82. The highest BCUT2D eigenvalue weighted by Gasteiger charge is 2.29. The number of pyridine rings is 1. The Labute approximate surface area is 229 Å². The number of anilines is 1. The first-order valence-corrected chi connectivity index (χ1v) is 13.2. The molecular weight excluding hydrogens is 525 g/mol. The van der Waals surface area contributed by atoms with Crippen LogP contribution in [0.15, 0.2) is 54.6 Å². The minimum atomic E-state index is -0.959. The summed E-state index contributed by atoms with van der Waals surface area (Å²) < 4.78 is 27.5. The molecule has 2 aliphatic rings. The molecule has 39 heavy (non-hydrogen) atoms. The molecule has 6 rings (SSSR count). The van der Waals surface area contributed by atoms with Gasteiger partial charge >= 0.3 is 5.97 Å². The summed E-state index contributed by atoms with van der Waals surface area (Å²) in [6.07, 6.45) is 1.10. The summed E-state index contributed by atoms with van der Waals surface area (Å²) in [5.74, 6) is 0.693. The summed E-state index contributed by atoms with van der Waals surface area (Å²) in [6, 6.07) is 15.3. The van der Waals surface area contributed by atoms with Crippen LogP contribution in [0.25, 0.3) is 11.0 Å². The Hall–Kier alpha value is -3.73. The third-order valence-electron chi connectivity index (χ3n) is 7.11. The minimum absolute atomic E-state index is 0.0600. The first-order chi connectivity index (χ1) is 18.9. The van der Waals surface area contributed by atoms with Crippen LogP contribution in [-0.2, 0) is 24.4 Å². The van der Waals surface area contributed by atoms with E-state index >= 15 is 0 Å². The fourth-order valence-electron chi connectivity index (χ4n) is 4.76. The lowest BCUT2D eigenvalue weighted by molar-refractivity contribution is -0.0590. The monoisotopic (exact) mass is 551 g/mol. The van der Waals surface area contributed by atoms with Gasteiger partial charge in [-0.05, 0) is 42.8 Å². The lowest BCUT2D eigenvalue weighted by Crippen LogP contribution is -2.58. The Kier molecular flexibility index (Phi) is 7.07. The quantitative estimate of drug-likeness (QED) is 0.301. The Morgan fingerprint density at radius 1 is 1.18 bits per heavy atom. The van der Waals surface area contributed by atoms with Crippen LogP contribution in [0.4, 0.5) is 10.2 Å². The minimum Gasteiger partial charge on any atom is -0.478 e. The van der Waals surface area contributed by atoms with Gasteiger partial charge < -0.3 is 29.4 Å². The highest BCUT2D eigenvalue weighted by molar-refractivity contribution is 6.30. The van der Waals surface area contributed by atoms with Crippen molar-refractivity contribution in [2.24, 2.45) is 0 Å². The maximum atomic E-state index is 14.0. The lowest BCUT2D eigenvalue weighted by atomic mass is 10.1. The summed E-state index contributed by atoms with van der Waals surface area (Å²) in [4.78, 5) is 23.0. The van der Waals surface area contributed by atoms with Crippen molar-refractivity contribution in [1.29, 1.82) is 0 Å². The van der Waals surface area contributed by atoms with Crippen molar-refractivity contribution in [3.05, 3.63) is 82.4 Å². The molecule has 2 N–H and O–H groups in total. The molecule has 2 aliphatic heterocycles. The summed E-state index contributed by atoms with van der Waals surface area (Å²) in [5, 5.41) is 13.3. The normalized spacial score (nSPS) is 17.2. The average molecular weight is 552 g/mol. The molecule has 4 heterocycles. The molecule has 2 saturated heterocycles. The molecular formula is C28H27ClFN5O4. The molecule has 2 fully saturated rings. The molecule has 11 heteroatoms. The second-order valence-corrected chi connectivity index (χ2v) is 10.2. The predicted molar refractivity (Wildman–Crippen MR) is 144 cm³/mol. The zero-order chi connectivity index (χ0) is 26.9. The number of nitrogens with one attached hydrogen (secondary N) is 1. The molecule has 2 aromatic carbocycles. The van der Waals surface area contributed by atoms with Gasteiger partial charge in [-0.3, -0.25) is 0 Å². The van der Waals surface area contributed by atoms with Crippen molar-refractivity contribution in [1.82, 2.24) is 19.9 Å². The molecule has 0 amide bonds. The standard InChI is InChI=1S/C28H27ClFN5O4/c29-19-6-4-18(22(30)11-19)16-39-27-3-1-2-25(33-27)34-13-20(14-34)31-12-26-32-23-7-5-17(28(36)37)10-24(23)35(26)15-21-8-9-38-21/h1-7,10-11,20-21,31H,8-9,12-16H2,(H,36,37). The zero-order valence-electron chi connectivity index (χ0n) is 21.0. The highest BCUT2D eigenvalue weighted by Crippen LogP contribution is 2.25. The number of nitrogens with zero attached hydrogens (tertiary/aromatic N) is 4. The van der Waals surface area contributed by atoms with E-state index in [0.717, 1.165) is 48.8 Å². The lowest BCUT2D eigenvalue weighted by Gasteiger charge is -2.40. The molecule has 202 valence electrons. The van der Waals surface area contributed by atoms with Gasteiger partial charge in [0.25, 0.3) is 0 Å². The fraction of sp³-hybridized carbons (Fsp3) is 0.321. The number of carbonyl (C=O) groups is 1. The molecule has 0 radical (unpaired) electrons. The Morgan fingerprint density at radius 3 is 2.77 bits per heavy atom. The molecule has 0 saturated carbocycles. The van der Waals surface area contributed by atoms with Crippen LogP contribution in [0.3, 0.4) is 0 Å². The number of ether oxygens (including phenoxy) is 2. The van der Waals surface area contributed by atoms with Crippen LogP contribution in [0.5, 0.6) is 5.88 Å². The fourth-order valence-corrected chi connectivity index (χ4v) is 4.92. The van der Waals surface area contributed by atoms with Crippen molar-refractivity contribution in [3.63, 3.8) is 0 Å². The number of carboxylic acid groups (broad SMARTS) is 1. The molecule has 1 atom stereocenters. The van der Waals surface area contributed by atoms with Crippen LogP contribution in [-0.4, -0.2) is 57.5 Å². The number of carboxylic acids is 1. The number of benzene rings is 2. The van der Waals surface area contributed by atoms with Gasteiger partial charge in [-0.2, -0.15) is 4.98 Å². The van der Waals surface area contributed by atoms with Gasteiger partial charge in [-0.1, -0.05) is 23.7 Å². The van der Waals surface area contributed by atoms with Gasteiger partial charge in [0.15, 0.2) is 0 Å². The van der Waals surface area contributed by atoms with Crippen molar-refractivity contribution in [3.8, 4) is 5.88 Å². The van der Waals surface area contributed by atoms with E-state index in [1.54, 1.807) is 36.4 Å². The summed E-state index contributed by atoms with van der Waals surface area (Å²) in [5.41, 5.74) is 2.22. The molecule has 0 spiro atoms. The molecule has 0 bridgehead atoms. The van der Waals surface area contributed by atoms with E-state index in [4.69, 9.17) is 26.1 Å². The molecule has 0 aliphatic carbocycles. The zero-order valence-corrected chi connectivity index (χ0v) is 21.8. The largest absolute Gasteiger partial charge is 0.478 e. The number of hydrogen-bond donors (Lipinski definition) is 2.